The number of amides is 1. The number of fused-ring (bicyclic) bond motifs is 1. The Hall–Kier alpha value is -2.78. The fraction of sp³-hybridized carbons (Fsp3) is 0.409. The standard InChI is InChI=1S/C22H27N3O5S/c1-2-31(27,28)25(19-8-9-20-21(14-19)30-17-29-20)16-22(26)24-12-10-23(11-13-24)15-18-6-4-3-5-7-18/h3-9,14H,2,10-13,15-17H2,1H3. The van der Waals surface area contributed by atoms with Crippen LogP contribution in [0.1, 0.15) is 12.5 Å². The van der Waals surface area contributed by atoms with Gasteiger partial charge in [-0.3, -0.25) is 14.0 Å². The van der Waals surface area contributed by atoms with Gasteiger partial charge in [0.1, 0.15) is 6.54 Å². The third kappa shape index (κ3) is 4.94. The van der Waals surface area contributed by atoms with Crippen LogP contribution in [0, 0.1) is 0 Å². The summed E-state index contributed by atoms with van der Waals surface area (Å²) in [4.78, 5) is 17.0. The van der Waals surface area contributed by atoms with E-state index in [0.29, 0.717) is 30.3 Å². The Morgan fingerprint density at radius 1 is 1.00 bits per heavy atom. The Morgan fingerprint density at radius 3 is 2.42 bits per heavy atom. The number of carbonyl (C=O) groups excluding carboxylic acids is 1. The number of sulfonamides is 1. The zero-order chi connectivity index (χ0) is 21.8. The van der Waals surface area contributed by atoms with Crippen LogP contribution in [0.5, 0.6) is 11.5 Å². The smallest absolute Gasteiger partial charge is 0.243 e. The molecule has 0 aliphatic carbocycles. The van der Waals surface area contributed by atoms with E-state index in [9.17, 15) is 13.2 Å². The molecule has 9 heteroatoms. The molecule has 2 aromatic rings. The van der Waals surface area contributed by atoms with Gasteiger partial charge in [0, 0.05) is 38.8 Å². The van der Waals surface area contributed by atoms with E-state index in [1.165, 1.54) is 9.87 Å². The van der Waals surface area contributed by atoms with Crippen molar-refractivity contribution in [2.24, 2.45) is 0 Å². The highest BCUT2D eigenvalue weighted by Crippen LogP contribution is 2.36. The highest BCUT2D eigenvalue weighted by atomic mass is 32.2. The van der Waals surface area contributed by atoms with Gasteiger partial charge in [-0.1, -0.05) is 30.3 Å². The van der Waals surface area contributed by atoms with Crippen molar-refractivity contribution in [3.8, 4) is 11.5 Å². The maximum Gasteiger partial charge on any atom is 0.243 e. The largest absolute Gasteiger partial charge is 0.454 e. The lowest BCUT2D eigenvalue weighted by Crippen LogP contribution is -2.51. The average molecular weight is 446 g/mol. The maximum absolute atomic E-state index is 13.0. The van der Waals surface area contributed by atoms with Gasteiger partial charge < -0.3 is 14.4 Å². The molecule has 0 spiro atoms. The summed E-state index contributed by atoms with van der Waals surface area (Å²) >= 11 is 0. The van der Waals surface area contributed by atoms with Crippen LogP contribution in [0.25, 0.3) is 0 Å². The number of hydrogen-bond acceptors (Lipinski definition) is 6. The Balaban J connectivity index is 1.41. The Bertz CT molecular complexity index is 1020. The SMILES string of the molecule is CCS(=O)(=O)N(CC(=O)N1CCN(Cc2ccccc2)CC1)c1ccc2c(c1)OCO2. The molecular formula is C22H27N3O5S. The number of ether oxygens (including phenoxy) is 2. The second-order valence-corrected chi connectivity index (χ2v) is 9.77. The predicted octanol–water partition coefficient (Wildman–Crippen LogP) is 1.92. The highest BCUT2D eigenvalue weighted by molar-refractivity contribution is 7.92. The fourth-order valence-electron chi connectivity index (χ4n) is 3.77. The van der Waals surface area contributed by atoms with Gasteiger partial charge >= 0.3 is 0 Å². The minimum atomic E-state index is -3.64. The lowest BCUT2D eigenvalue weighted by molar-refractivity contribution is -0.131. The zero-order valence-electron chi connectivity index (χ0n) is 17.6. The van der Waals surface area contributed by atoms with E-state index in [-0.39, 0.29) is 25.0 Å². The van der Waals surface area contributed by atoms with Crippen LogP contribution < -0.4 is 13.8 Å². The van der Waals surface area contributed by atoms with Crippen molar-refractivity contribution in [3.63, 3.8) is 0 Å². The molecule has 4 rings (SSSR count). The van der Waals surface area contributed by atoms with E-state index in [0.717, 1.165) is 19.6 Å². The number of rotatable bonds is 7. The van der Waals surface area contributed by atoms with Crippen molar-refractivity contribution >= 4 is 21.6 Å². The van der Waals surface area contributed by atoms with Crippen LogP contribution in [0.2, 0.25) is 0 Å². The van der Waals surface area contributed by atoms with Gasteiger partial charge in [0.15, 0.2) is 11.5 Å². The molecular weight excluding hydrogens is 418 g/mol. The first kappa shape index (κ1) is 21.5. The second kappa shape index (κ2) is 9.15. The van der Waals surface area contributed by atoms with Gasteiger partial charge in [0.2, 0.25) is 22.7 Å². The van der Waals surface area contributed by atoms with Crippen LogP contribution in [-0.4, -0.2) is 69.4 Å². The van der Waals surface area contributed by atoms with Gasteiger partial charge in [-0.15, -0.1) is 0 Å². The van der Waals surface area contributed by atoms with Crippen molar-refractivity contribution in [1.82, 2.24) is 9.80 Å². The molecule has 2 aliphatic heterocycles. The average Bonchev–Trinajstić information content (AvgIpc) is 3.26. The van der Waals surface area contributed by atoms with Gasteiger partial charge in [0.25, 0.3) is 0 Å². The van der Waals surface area contributed by atoms with Crippen molar-refractivity contribution in [3.05, 3.63) is 54.1 Å². The van der Waals surface area contributed by atoms with Crippen molar-refractivity contribution < 1.29 is 22.7 Å². The number of hydrogen-bond donors (Lipinski definition) is 0. The molecule has 0 radical (unpaired) electrons. The first-order valence-electron chi connectivity index (χ1n) is 10.4. The molecule has 1 amide bonds. The van der Waals surface area contributed by atoms with Gasteiger partial charge in [-0.2, -0.15) is 0 Å². The number of carbonyl (C=O) groups is 1. The molecule has 1 saturated heterocycles. The summed E-state index contributed by atoms with van der Waals surface area (Å²) in [5.41, 5.74) is 1.65. The number of benzene rings is 2. The summed E-state index contributed by atoms with van der Waals surface area (Å²) in [5.74, 6) is 0.753. The topological polar surface area (TPSA) is 79.4 Å². The monoisotopic (exact) mass is 445 g/mol. The maximum atomic E-state index is 13.0. The van der Waals surface area contributed by atoms with Crippen LogP contribution in [-0.2, 0) is 21.4 Å². The molecule has 0 N–H and O–H groups in total. The van der Waals surface area contributed by atoms with Crippen molar-refractivity contribution in [2.75, 3.05) is 49.6 Å². The molecule has 2 aromatic carbocycles. The van der Waals surface area contributed by atoms with Crippen LogP contribution in [0.15, 0.2) is 48.5 Å². The lowest BCUT2D eigenvalue weighted by Gasteiger charge is -2.36. The molecule has 2 aliphatic rings. The number of anilines is 1. The Labute approximate surface area is 183 Å². The van der Waals surface area contributed by atoms with Crippen molar-refractivity contribution in [2.45, 2.75) is 13.5 Å². The molecule has 2 heterocycles. The van der Waals surface area contributed by atoms with E-state index in [1.54, 1.807) is 30.0 Å². The third-order valence-corrected chi connectivity index (χ3v) is 7.34. The molecule has 166 valence electrons. The summed E-state index contributed by atoms with van der Waals surface area (Å²) in [6, 6.07) is 15.2. The molecule has 0 bridgehead atoms. The van der Waals surface area contributed by atoms with Gasteiger partial charge in [-0.25, -0.2) is 8.42 Å². The molecule has 0 unspecified atom stereocenters. The Morgan fingerprint density at radius 2 is 1.71 bits per heavy atom. The van der Waals surface area contributed by atoms with E-state index in [2.05, 4.69) is 17.0 Å². The quantitative estimate of drug-likeness (QED) is 0.648. The molecule has 0 aromatic heterocycles. The molecule has 0 atom stereocenters. The van der Waals surface area contributed by atoms with Crippen LogP contribution >= 0.6 is 0 Å². The van der Waals surface area contributed by atoms with Gasteiger partial charge in [-0.05, 0) is 24.6 Å². The summed E-state index contributed by atoms with van der Waals surface area (Å²) in [7, 11) is -3.64. The van der Waals surface area contributed by atoms with E-state index in [4.69, 9.17) is 9.47 Å². The summed E-state index contributed by atoms with van der Waals surface area (Å²) < 4.78 is 37.3. The minimum Gasteiger partial charge on any atom is -0.454 e. The summed E-state index contributed by atoms with van der Waals surface area (Å²) in [5, 5.41) is 0. The predicted molar refractivity (Wildman–Crippen MR) is 118 cm³/mol. The summed E-state index contributed by atoms with van der Waals surface area (Å²) in [6.07, 6.45) is 0. The van der Waals surface area contributed by atoms with Crippen molar-refractivity contribution in [1.29, 1.82) is 0 Å². The van der Waals surface area contributed by atoms with Crippen LogP contribution in [0.4, 0.5) is 5.69 Å². The minimum absolute atomic E-state index is 0.0976. The third-order valence-electron chi connectivity index (χ3n) is 5.60. The van der Waals surface area contributed by atoms with E-state index in [1.807, 2.05) is 18.2 Å². The van der Waals surface area contributed by atoms with E-state index < -0.39 is 10.0 Å². The molecule has 8 nitrogen and oxygen atoms in total. The van der Waals surface area contributed by atoms with Crippen LogP contribution in [0.3, 0.4) is 0 Å². The lowest BCUT2D eigenvalue weighted by atomic mass is 10.2. The first-order chi connectivity index (χ1) is 15.0. The van der Waals surface area contributed by atoms with Gasteiger partial charge in [0.05, 0.1) is 11.4 Å². The highest BCUT2D eigenvalue weighted by Gasteiger charge is 2.29. The van der Waals surface area contributed by atoms with E-state index >= 15 is 0 Å². The molecule has 0 saturated carbocycles. The zero-order valence-corrected chi connectivity index (χ0v) is 18.4. The first-order valence-corrected chi connectivity index (χ1v) is 12.0. The Kier molecular flexibility index (Phi) is 6.33. The molecule has 1 fully saturated rings. The fourth-order valence-corrected chi connectivity index (χ4v) is 4.82. The number of piperazine rings is 1. The molecule has 31 heavy (non-hydrogen) atoms. The normalized spacial score (nSPS) is 16.4. The summed E-state index contributed by atoms with van der Waals surface area (Å²) in [6.45, 7) is 4.95. The second-order valence-electron chi connectivity index (χ2n) is 7.59. The number of nitrogens with zero attached hydrogens (tertiary/aromatic N) is 3.